The highest BCUT2D eigenvalue weighted by molar-refractivity contribution is 6.20. The lowest BCUT2D eigenvalue weighted by Gasteiger charge is -2.30. The lowest BCUT2D eigenvalue weighted by atomic mass is 9.92. The SMILES string of the molecule is Cc1cnc2c(c1)nc(C(C)Cl)n2C(C)C1CCOCC1. The first-order valence-corrected chi connectivity index (χ1v) is 8.08. The van der Waals surface area contributed by atoms with Crippen LogP contribution in [0.2, 0.25) is 0 Å². The molecule has 2 aromatic rings. The third-order valence-corrected chi connectivity index (χ3v) is 4.60. The molecule has 0 bridgehead atoms. The van der Waals surface area contributed by atoms with Crippen molar-refractivity contribution < 1.29 is 4.74 Å². The van der Waals surface area contributed by atoms with Gasteiger partial charge in [-0.3, -0.25) is 0 Å². The molecule has 3 rings (SSSR count). The van der Waals surface area contributed by atoms with Gasteiger partial charge in [-0.15, -0.1) is 11.6 Å². The molecule has 2 atom stereocenters. The average Bonchev–Trinajstić information content (AvgIpc) is 2.86. The maximum atomic E-state index is 6.37. The van der Waals surface area contributed by atoms with E-state index in [0.29, 0.717) is 12.0 Å². The van der Waals surface area contributed by atoms with E-state index in [-0.39, 0.29) is 5.38 Å². The van der Waals surface area contributed by atoms with E-state index in [1.807, 2.05) is 20.0 Å². The van der Waals surface area contributed by atoms with E-state index in [0.717, 1.165) is 48.6 Å². The van der Waals surface area contributed by atoms with Crippen molar-refractivity contribution in [2.75, 3.05) is 13.2 Å². The lowest BCUT2D eigenvalue weighted by Crippen LogP contribution is -2.25. The van der Waals surface area contributed by atoms with Crippen molar-refractivity contribution in [3.05, 3.63) is 23.7 Å². The molecule has 2 unspecified atom stereocenters. The van der Waals surface area contributed by atoms with Crippen LogP contribution in [-0.4, -0.2) is 27.7 Å². The molecular weight excluding hydrogens is 286 g/mol. The minimum Gasteiger partial charge on any atom is -0.381 e. The molecule has 0 spiro atoms. The van der Waals surface area contributed by atoms with E-state index >= 15 is 0 Å². The molecule has 0 amide bonds. The van der Waals surface area contributed by atoms with Gasteiger partial charge in [-0.05, 0) is 51.2 Å². The van der Waals surface area contributed by atoms with Crippen molar-refractivity contribution in [3.63, 3.8) is 0 Å². The summed E-state index contributed by atoms with van der Waals surface area (Å²) in [4.78, 5) is 9.34. The van der Waals surface area contributed by atoms with E-state index in [4.69, 9.17) is 21.3 Å². The summed E-state index contributed by atoms with van der Waals surface area (Å²) in [5.74, 6) is 1.51. The van der Waals surface area contributed by atoms with Crippen molar-refractivity contribution in [1.82, 2.24) is 14.5 Å². The van der Waals surface area contributed by atoms with E-state index in [1.54, 1.807) is 0 Å². The summed E-state index contributed by atoms with van der Waals surface area (Å²) in [5, 5.41) is -0.123. The van der Waals surface area contributed by atoms with Crippen LogP contribution in [0.1, 0.15) is 49.5 Å². The molecule has 0 saturated carbocycles. The summed E-state index contributed by atoms with van der Waals surface area (Å²) >= 11 is 6.37. The maximum Gasteiger partial charge on any atom is 0.160 e. The number of hydrogen-bond donors (Lipinski definition) is 0. The third-order valence-electron chi connectivity index (χ3n) is 4.41. The molecular formula is C16H22ClN3O. The Bertz CT molecular complexity index is 632. The fraction of sp³-hybridized carbons (Fsp3) is 0.625. The van der Waals surface area contributed by atoms with Gasteiger partial charge in [0.1, 0.15) is 11.3 Å². The van der Waals surface area contributed by atoms with Gasteiger partial charge in [0.15, 0.2) is 5.65 Å². The first kappa shape index (κ1) is 14.8. The topological polar surface area (TPSA) is 39.9 Å². The number of fused-ring (bicyclic) bond motifs is 1. The fourth-order valence-corrected chi connectivity index (χ4v) is 3.35. The Labute approximate surface area is 130 Å². The zero-order valence-corrected chi connectivity index (χ0v) is 13.6. The van der Waals surface area contributed by atoms with E-state index < -0.39 is 0 Å². The van der Waals surface area contributed by atoms with Gasteiger partial charge in [-0.1, -0.05) is 0 Å². The molecule has 1 saturated heterocycles. The first-order valence-electron chi connectivity index (χ1n) is 7.64. The number of aryl methyl sites for hydroxylation is 1. The summed E-state index contributed by atoms with van der Waals surface area (Å²) in [6, 6.07) is 2.42. The zero-order chi connectivity index (χ0) is 15.0. The molecule has 0 aliphatic carbocycles. The average molecular weight is 308 g/mol. The minimum absolute atomic E-state index is 0.123. The molecule has 21 heavy (non-hydrogen) atoms. The molecule has 1 aliphatic heterocycles. The fourth-order valence-electron chi connectivity index (χ4n) is 3.19. The van der Waals surface area contributed by atoms with Crippen LogP contribution in [0.5, 0.6) is 0 Å². The summed E-state index contributed by atoms with van der Waals surface area (Å²) in [5.41, 5.74) is 3.01. The molecule has 3 heterocycles. The highest BCUT2D eigenvalue weighted by Crippen LogP contribution is 2.34. The van der Waals surface area contributed by atoms with Crippen molar-refractivity contribution in [1.29, 1.82) is 0 Å². The second-order valence-electron chi connectivity index (χ2n) is 6.00. The van der Waals surface area contributed by atoms with Crippen LogP contribution in [0.4, 0.5) is 0 Å². The van der Waals surface area contributed by atoms with Crippen molar-refractivity contribution >= 4 is 22.8 Å². The van der Waals surface area contributed by atoms with Gasteiger partial charge in [0, 0.05) is 25.5 Å². The van der Waals surface area contributed by atoms with E-state index in [1.165, 1.54) is 0 Å². The predicted molar refractivity (Wildman–Crippen MR) is 84.8 cm³/mol. The number of hydrogen-bond acceptors (Lipinski definition) is 3. The summed E-state index contributed by atoms with van der Waals surface area (Å²) in [6.45, 7) is 7.96. The Kier molecular flexibility index (Phi) is 4.18. The molecule has 2 aromatic heterocycles. The minimum atomic E-state index is -0.123. The normalized spacial score (nSPS) is 19.8. The second-order valence-corrected chi connectivity index (χ2v) is 6.66. The Morgan fingerprint density at radius 3 is 2.71 bits per heavy atom. The zero-order valence-electron chi connectivity index (χ0n) is 12.8. The van der Waals surface area contributed by atoms with E-state index in [2.05, 4.69) is 22.5 Å². The number of pyridine rings is 1. The summed E-state index contributed by atoms with van der Waals surface area (Å²) in [7, 11) is 0. The highest BCUT2D eigenvalue weighted by atomic mass is 35.5. The highest BCUT2D eigenvalue weighted by Gasteiger charge is 2.27. The van der Waals surface area contributed by atoms with Gasteiger partial charge in [0.25, 0.3) is 0 Å². The van der Waals surface area contributed by atoms with Gasteiger partial charge in [0.2, 0.25) is 0 Å². The second kappa shape index (κ2) is 5.93. The Balaban J connectivity index is 2.07. The third kappa shape index (κ3) is 2.79. The van der Waals surface area contributed by atoms with Crippen LogP contribution >= 0.6 is 11.6 Å². The largest absolute Gasteiger partial charge is 0.381 e. The molecule has 1 aliphatic rings. The van der Waals surface area contributed by atoms with Crippen LogP contribution in [0, 0.1) is 12.8 Å². The number of aromatic nitrogens is 3. The van der Waals surface area contributed by atoms with Crippen molar-refractivity contribution in [3.8, 4) is 0 Å². The monoisotopic (exact) mass is 307 g/mol. The lowest BCUT2D eigenvalue weighted by molar-refractivity contribution is 0.0514. The Hall–Kier alpha value is -1.13. The molecule has 5 heteroatoms. The van der Waals surface area contributed by atoms with Crippen molar-refractivity contribution in [2.45, 2.75) is 45.0 Å². The van der Waals surface area contributed by atoms with Crippen LogP contribution in [0.25, 0.3) is 11.2 Å². The number of rotatable bonds is 3. The van der Waals surface area contributed by atoms with Gasteiger partial charge in [-0.25, -0.2) is 9.97 Å². The molecule has 1 fully saturated rings. The van der Waals surface area contributed by atoms with Gasteiger partial charge < -0.3 is 9.30 Å². The number of imidazole rings is 1. The standard InChI is InChI=1S/C16H22ClN3O/c1-10-8-14-16(18-9-10)20(15(19-14)11(2)17)12(3)13-4-6-21-7-5-13/h8-9,11-13H,4-7H2,1-3H3. The van der Waals surface area contributed by atoms with Crippen LogP contribution in [0.3, 0.4) is 0 Å². The first-order chi connectivity index (χ1) is 10.1. The van der Waals surface area contributed by atoms with Crippen LogP contribution in [0.15, 0.2) is 12.3 Å². The molecule has 0 aromatic carbocycles. The quantitative estimate of drug-likeness (QED) is 0.804. The summed E-state index contributed by atoms with van der Waals surface area (Å²) in [6.07, 6.45) is 4.07. The Morgan fingerprint density at radius 1 is 1.33 bits per heavy atom. The van der Waals surface area contributed by atoms with Gasteiger partial charge in [0.05, 0.1) is 5.38 Å². The maximum absolute atomic E-state index is 6.37. The number of alkyl halides is 1. The van der Waals surface area contributed by atoms with E-state index in [9.17, 15) is 0 Å². The van der Waals surface area contributed by atoms with Crippen LogP contribution < -0.4 is 0 Å². The number of ether oxygens (including phenoxy) is 1. The smallest absolute Gasteiger partial charge is 0.160 e. The molecule has 4 nitrogen and oxygen atoms in total. The number of nitrogens with zero attached hydrogens (tertiary/aromatic N) is 3. The summed E-state index contributed by atoms with van der Waals surface area (Å²) < 4.78 is 7.72. The van der Waals surface area contributed by atoms with Gasteiger partial charge >= 0.3 is 0 Å². The van der Waals surface area contributed by atoms with Crippen molar-refractivity contribution in [2.24, 2.45) is 5.92 Å². The molecule has 114 valence electrons. The van der Waals surface area contributed by atoms with Crippen LogP contribution in [-0.2, 0) is 4.74 Å². The molecule has 0 radical (unpaired) electrons. The Morgan fingerprint density at radius 2 is 2.05 bits per heavy atom. The predicted octanol–water partition coefficient (Wildman–Crippen LogP) is 4.03. The van der Waals surface area contributed by atoms with Gasteiger partial charge in [-0.2, -0.15) is 0 Å². The number of halogens is 1. The molecule has 0 N–H and O–H groups in total.